The van der Waals surface area contributed by atoms with Gasteiger partial charge in [-0.05, 0) is 12.1 Å². The van der Waals surface area contributed by atoms with Crippen molar-refractivity contribution in [3.63, 3.8) is 0 Å². The zero-order chi connectivity index (χ0) is 12.4. The zero-order valence-corrected chi connectivity index (χ0v) is 9.87. The minimum absolute atomic E-state index is 0.171. The summed E-state index contributed by atoms with van der Waals surface area (Å²) in [5.41, 5.74) is 0.317. The fourth-order valence-electron chi connectivity index (χ4n) is 1.74. The molecule has 0 aliphatic rings. The third-order valence-electron chi connectivity index (χ3n) is 2.54. The SMILES string of the molecule is COc1ccc2c(OC)c(OC)c(=O)[nH]c2c1. The van der Waals surface area contributed by atoms with Gasteiger partial charge in [-0.1, -0.05) is 0 Å². The van der Waals surface area contributed by atoms with Gasteiger partial charge in [0.05, 0.1) is 26.8 Å². The van der Waals surface area contributed by atoms with Crippen LogP contribution in [0.2, 0.25) is 0 Å². The van der Waals surface area contributed by atoms with Gasteiger partial charge < -0.3 is 19.2 Å². The van der Waals surface area contributed by atoms with Crippen molar-refractivity contribution in [2.24, 2.45) is 0 Å². The average Bonchev–Trinajstić information content (AvgIpc) is 2.36. The molecule has 17 heavy (non-hydrogen) atoms. The van der Waals surface area contributed by atoms with Crippen molar-refractivity contribution in [3.8, 4) is 17.2 Å². The molecule has 0 spiro atoms. The molecule has 1 aromatic carbocycles. The van der Waals surface area contributed by atoms with Crippen molar-refractivity contribution in [2.45, 2.75) is 0 Å². The van der Waals surface area contributed by atoms with Crippen molar-refractivity contribution in [1.82, 2.24) is 4.98 Å². The van der Waals surface area contributed by atoms with Crippen LogP contribution in [-0.2, 0) is 0 Å². The van der Waals surface area contributed by atoms with Gasteiger partial charge in [0.15, 0.2) is 5.75 Å². The number of pyridine rings is 1. The van der Waals surface area contributed by atoms with Crippen LogP contribution in [0.3, 0.4) is 0 Å². The maximum absolute atomic E-state index is 11.7. The Kier molecular flexibility index (Phi) is 2.91. The summed E-state index contributed by atoms with van der Waals surface area (Å²) >= 11 is 0. The maximum atomic E-state index is 11.7. The molecule has 2 aromatic rings. The Balaban J connectivity index is 2.82. The number of hydrogen-bond donors (Lipinski definition) is 1. The van der Waals surface area contributed by atoms with E-state index < -0.39 is 0 Å². The zero-order valence-electron chi connectivity index (χ0n) is 9.87. The molecule has 5 nitrogen and oxygen atoms in total. The molecule has 0 aliphatic heterocycles. The molecule has 0 saturated carbocycles. The summed E-state index contributed by atoms with van der Waals surface area (Å²) in [5, 5.41) is 0.768. The number of ether oxygens (including phenoxy) is 3. The molecule has 0 saturated heterocycles. The fraction of sp³-hybridized carbons (Fsp3) is 0.250. The minimum atomic E-state index is -0.329. The number of rotatable bonds is 3. The van der Waals surface area contributed by atoms with Gasteiger partial charge in [0.1, 0.15) is 5.75 Å². The highest BCUT2D eigenvalue weighted by atomic mass is 16.5. The quantitative estimate of drug-likeness (QED) is 0.876. The third-order valence-corrected chi connectivity index (χ3v) is 2.54. The Labute approximate surface area is 97.9 Å². The Morgan fingerprint density at radius 1 is 1.00 bits per heavy atom. The van der Waals surface area contributed by atoms with Crippen LogP contribution in [0, 0.1) is 0 Å². The second-order valence-electron chi connectivity index (χ2n) is 3.43. The van der Waals surface area contributed by atoms with Crippen LogP contribution < -0.4 is 19.8 Å². The number of fused-ring (bicyclic) bond motifs is 1. The van der Waals surface area contributed by atoms with Crippen molar-refractivity contribution < 1.29 is 14.2 Å². The summed E-state index contributed by atoms with van der Waals surface area (Å²) in [6.07, 6.45) is 0. The van der Waals surface area contributed by atoms with E-state index in [1.165, 1.54) is 14.2 Å². The second kappa shape index (κ2) is 4.37. The molecule has 2 rings (SSSR count). The molecule has 0 bridgehead atoms. The van der Waals surface area contributed by atoms with Crippen molar-refractivity contribution in [1.29, 1.82) is 0 Å². The lowest BCUT2D eigenvalue weighted by atomic mass is 10.2. The highest BCUT2D eigenvalue weighted by Gasteiger charge is 2.13. The van der Waals surface area contributed by atoms with E-state index in [1.54, 1.807) is 19.2 Å². The van der Waals surface area contributed by atoms with Crippen LogP contribution in [0.4, 0.5) is 0 Å². The first-order chi connectivity index (χ1) is 8.21. The lowest BCUT2D eigenvalue weighted by molar-refractivity contribution is 0.354. The fourth-order valence-corrected chi connectivity index (χ4v) is 1.74. The van der Waals surface area contributed by atoms with Gasteiger partial charge in [0.25, 0.3) is 5.56 Å². The number of aromatic amines is 1. The largest absolute Gasteiger partial charge is 0.497 e. The third kappa shape index (κ3) is 1.80. The molecule has 0 atom stereocenters. The van der Waals surface area contributed by atoms with E-state index >= 15 is 0 Å². The molecule has 5 heteroatoms. The summed E-state index contributed by atoms with van der Waals surface area (Å²) < 4.78 is 15.3. The lowest BCUT2D eigenvalue weighted by Crippen LogP contribution is -2.11. The highest BCUT2D eigenvalue weighted by molar-refractivity contribution is 5.88. The molecule has 1 heterocycles. The molecule has 1 N–H and O–H groups in total. The predicted octanol–water partition coefficient (Wildman–Crippen LogP) is 1.55. The first kappa shape index (κ1) is 11.3. The summed E-state index contributed by atoms with van der Waals surface area (Å²) in [4.78, 5) is 14.5. The average molecular weight is 235 g/mol. The number of methoxy groups -OCH3 is 3. The van der Waals surface area contributed by atoms with E-state index in [1.807, 2.05) is 6.07 Å². The van der Waals surface area contributed by atoms with Crippen LogP contribution in [0.5, 0.6) is 17.2 Å². The van der Waals surface area contributed by atoms with Crippen LogP contribution in [-0.4, -0.2) is 26.3 Å². The van der Waals surface area contributed by atoms with Crippen LogP contribution in [0.25, 0.3) is 10.9 Å². The van der Waals surface area contributed by atoms with E-state index in [0.717, 1.165) is 5.39 Å². The maximum Gasteiger partial charge on any atom is 0.294 e. The normalized spacial score (nSPS) is 10.3. The molecule has 0 fully saturated rings. The minimum Gasteiger partial charge on any atom is -0.497 e. The van der Waals surface area contributed by atoms with Gasteiger partial charge in [-0.3, -0.25) is 4.79 Å². The molecular weight excluding hydrogens is 222 g/mol. The van der Waals surface area contributed by atoms with Crippen molar-refractivity contribution in [3.05, 3.63) is 28.6 Å². The topological polar surface area (TPSA) is 60.6 Å². The first-order valence-corrected chi connectivity index (χ1v) is 5.03. The Morgan fingerprint density at radius 2 is 1.71 bits per heavy atom. The van der Waals surface area contributed by atoms with Gasteiger partial charge in [-0.25, -0.2) is 0 Å². The number of aromatic nitrogens is 1. The van der Waals surface area contributed by atoms with E-state index in [0.29, 0.717) is 17.0 Å². The van der Waals surface area contributed by atoms with Crippen molar-refractivity contribution >= 4 is 10.9 Å². The Hall–Kier alpha value is -2.17. The van der Waals surface area contributed by atoms with E-state index in [9.17, 15) is 4.79 Å². The Morgan fingerprint density at radius 3 is 2.29 bits per heavy atom. The number of hydrogen-bond acceptors (Lipinski definition) is 4. The molecule has 90 valence electrons. The predicted molar refractivity (Wildman–Crippen MR) is 64.2 cm³/mol. The standard InChI is InChI=1S/C12H13NO4/c1-15-7-4-5-8-9(6-7)13-12(14)11(17-3)10(8)16-2/h4-6H,1-3H3,(H,13,14). The van der Waals surface area contributed by atoms with Gasteiger partial charge in [-0.15, -0.1) is 0 Å². The summed E-state index contributed by atoms with van der Waals surface area (Å²) in [7, 11) is 4.50. The molecule has 0 radical (unpaired) electrons. The van der Waals surface area contributed by atoms with Gasteiger partial charge >= 0.3 is 0 Å². The molecule has 0 aliphatic carbocycles. The van der Waals surface area contributed by atoms with E-state index in [2.05, 4.69) is 4.98 Å². The molecular formula is C12H13NO4. The second-order valence-corrected chi connectivity index (χ2v) is 3.43. The molecule has 0 amide bonds. The van der Waals surface area contributed by atoms with Gasteiger partial charge in [0, 0.05) is 11.5 Å². The summed E-state index contributed by atoms with van der Waals surface area (Å²) in [5.74, 6) is 1.26. The smallest absolute Gasteiger partial charge is 0.294 e. The van der Waals surface area contributed by atoms with E-state index in [4.69, 9.17) is 14.2 Å². The van der Waals surface area contributed by atoms with Gasteiger partial charge in [-0.2, -0.15) is 0 Å². The van der Waals surface area contributed by atoms with Gasteiger partial charge in [0.2, 0.25) is 5.75 Å². The van der Waals surface area contributed by atoms with Crippen LogP contribution in [0.1, 0.15) is 0 Å². The highest BCUT2D eigenvalue weighted by Crippen LogP contribution is 2.32. The first-order valence-electron chi connectivity index (χ1n) is 5.03. The number of nitrogens with one attached hydrogen (secondary N) is 1. The van der Waals surface area contributed by atoms with E-state index in [-0.39, 0.29) is 11.3 Å². The van der Waals surface area contributed by atoms with Crippen LogP contribution in [0.15, 0.2) is 23.0 Å². The number of H-pyrrole nitrogens is 1. The molecule has 0 unspecified atom stereocenters. The summed E-state index contributed by atoms with van der Waals surface area (Å²) in [6, 6.07) is 5.34. The van der Waals surface area contributed by atoms with Crippen molar-refractivity contribution in [2.75, 3.05) is 21.3 Å². The summed E-state index contributed by atoms with van der Waals surface area (Å²) in [6.45, 7) is 0. The number of benzene rings is 1. The lowest BCUT2D eigenvalue weighted by Gasteiger charge is -2.10. The van der Waals surface area contributed by atoms with Crippen LogP contribution >= 0.6 is 0 Å². The Bertz CT molecular complexity index is 603. The monoisotopic (exact) mass is 235 g/mol. The molecule has 1 aromatic heterocycles.